The molecule has 14 heavy (non-hydrogen) atoms. The third kappa shape index (κ3) is 1.44. The Morgan fingerprint density at radius 3 is 2.21 bits per heavy atom. The Bertz CT molecular complexity index is 221. The van der Waals surface area contributed by atoms with Gasteiger partial charge in [0.2, 0.25) is 0 Å². The molecule has 2 nitrogen and oxygen atoms in total. The number of rotatable bonds is 1. The fourth-order valence-corrected chi connectivity index (χ4v) is 1.97. The predicted molar refractivity (Wildman–Crippen MR) is 47.6 cm³/mol. The van der Waals surface area contributed by atoms with Crippen molar-refractivity contribution in [1.29, 1.82) is 0 Å². The number of aliphatic hydroxyl groups excluding tert-OH is 1. The maximum Gasteiger partial charge on any atom is 0.396 e. The van der Waals surface area contributed by atoms with Crippen molar-refractivity contribution in [3.63, 3.8) is 0 Å². The van der Waals surface area contributed by atoms with E-state index in [0.29, 0.717) is 0 Å². The monoisotopic (exact) mass is 210 g/mol. The highest BCUT2D eigenvalue weighted by molar-refractivity contribution is 6.11. The van der Waals surface area contributed by atoms with Crippen molar-refractivity contribution in [2.24, 2.45) is 11.3 Å². The topological polar surface area (TPSA) is 29.5 Å². The van der Waals surface area contributed by atoms with Crippen molar-refractivity contribution in [2.45, 2.75) is 32.1 Å². The summed E-state index contributed by atoms with van der Waals surface area (Å²) in [6.45, 7) is 2.26. The molecule has 0 aromatic carbocycles. The maximum absolute atomic E-state index is 12.8. The van der Waals surface area contributed by atoms with Crippen LogP contribution in [-0.2, 0) is 4.74 Å². The molecular formula is C8H14BF3O2. The molecule has 6 heteroatoms. The van der Waals surface area contributed by atoms with Crippen molar-refractivity contribution in [3.8, 4) is 0 Å². The minimum absolute atomic E-state index is 0.364. The lowest BCUT2D eigenvalue weighted by Gasteiger charge is -2.34. The summed E-state index contributed by atoms with van der Waals surface area (Å²) in [5, 5.41) is 8.86. The first kappa shape index (κ1) is 11.8. The highest BCUT2D eigenvalue weighted by Gasteiger charge is 2.63. The van der Waals surface area contributed by atoms with E-state index in [1.807, 2.05) is 0 Å². The van der Waals surface area contributed by atoms with Crippen LogP contribution in [0, 0.1) is 11.3 Å². The van der Waals surface area contributed by atoms with Gasteiger partial charge in [-0.05, 0) is 6.92 Å². The Morgan fingerprint density at radius 1 is 1.50 bits per heavy atom. The molecule has 0 unspecified atom stereocenters. The van der Waals surface area contributed by atoms with E-state index in [1.54, 1.807) is 0 Å². The highest BCUT2D eigenvalue weighted by Crippen LogP contribution is 2.52. The van der Waals surface area contributed by atoms with E-state index in [1.165, 1.54) is 14.8 Å². The van der Waals surface area contributed by atoms with Crippen LogP contribution < -0.4 is 0 Å². The molecule has 0 aromatic rings. The van der Waals surface area contributed by atoms with E-state index in [0.717, 1.165) is 6.92 Å². The van der Waals surface area contributed by atoms with Gasteiger partial charge in [-0.25, -0.2) is 0 Å². The Kier molecular flexibility index (Phi) is 2.89. The Labute approximate surface area is 81.8 Å². The molecule has 0 amide bonds. The Balaban J connectivity index is 2.99. The van der Waals surface area contributed by atoms with Gasteiger partial charge in [-0.1, -0.05) is 6.92 Å². The van der Waals surface area contributed by atoms with Crippen molar-refractivity contribution in [3.05, 3.63) is 0 Å². The summed E-state index contributed by atoms with van der Waals surface area (Å²) in [4.78, 5) is 0. The normalized spacial score (nSPS) is 44.3. The van der Waals surface area contributed by atoms with E-state index in [4.69, 9.17) is 9.84 Å². The van der Waals surface area contributed by atoms with Crippen LogP contribution in [0.25, 0.3) is 0 Å². The summed E-state index contributed by atoms with van der Waals surface area (Å²) in [7, 11) is 1.40. The van der Waals surface area contributed by atoms with E-state index in [-0.39, 0.29) is 6.61 Å². The fourth-order valence-electron chi connectivity index (χ4n) is 1.97. The fraction of sp³-hybridized carbons (Fsp3) is 1.00. The highest BCUT2D eigenvalue weighted by atomic mass is 19.4. The average Bonchev–Trinajstić information content (AvgIpc) is 2.29. The van der Waals surface area contributed by atoms with Crippen molar-refractivity contribution < 1.29 is 23.0 Å². The molecule has 0 saturated carbocycles. The van der Waals surface area contributed by atoms with E-state index in [9.17, 15) is 13.2 Å². The van der Waals surface area contributed by atoms with E-state index >= 15 is 0 Å². The van der Waals surface area contributed by atoms with Crippen molar-refractivity contribution >= 4 is 7.85 Å². The van der Waals surface area contributed by atoms with Crippen LogP contribution in [0.15, 0.2) is 0 Å². The zero-order valence-electron chi connectivity index (χ0n) is 8.43. The summed E-state index contributed by atoms with van der Waals surface area (Å²) >= 11 is 0. The van der Waals surface area contributed by atoms with Gasteiger partial charge in [0.15, 0.2) is 0 Å². The molecule has 1 fully saturated rings. The lowest BCUT2D eigenvalue weighted by atomic mass is 9.67. The second-order valence-electron chi connectivity index (χ2n) is 4.07. The Morgan fingerprint density at radius 2 is 2.00 bits per heavy atom. The van der Waals surface area contributed by atoms with Gasteiger partial charge in [-0.3, -0.25) is 0 Å². The largest absolute Gasteiger partial charge is 0.396 e. The molecule has 1 rings (SSSR count). The molecule has 0 aliphatic carbocycles. The van der Waals surface area contributed by atoms with Gasteiger partial charge in [0.1, 0.15) is 7.85 Å². The van der Waals surface area contributed by atoms with Crippen LogP contribution in [0.3, 0.4) is 0 Å². The lowest BCUT2D eigenvalue weighted by Crippen LogP contribution is -2.46. The van der Waals surface area contributed by atoms with Gasteiger partial charge in [0.05, 0.1) is 18.1 Å². The number of ether oxygens (including phenoxy) is 1. The van der Waals surface area contributed by atoms with E-state index < -0.39 is 29.6 Å². The summed E-state index contributed by atoms with van der Waals surface area (Å²) in [5.41, 5.74) is -1.86. The third-order valence-corrected chi connectivity index (χ3v) is 3.52. The zero-order valence-corrected chi connectivity index (χ0v) is 8.43. The molecule has 1 aliphatic rings. The SMILES string of the molecule is B[C@@H]1O[C@H](CO)[C@@H](C)[C@]1(C)C(F)(F)F. The van der Waals surface area contributed by atoms with Crippen LogP contribution >= 0.6 is 0 Å². The zero-order chi connectivity index (χ0) is 11.1. The quantitative estimate of drug-likeness (QED) is 0.640. The maximum atomic E-state index is 12.8. The van der Waals surface area contributed by atoms with Crippen LogP contribution in [-0.4, -0.2) is 37.8 Å². The third-order valence-electron chi connectivity index (χ3n) is 3.52. The summed E-state index contributed by atoms with van der Waals surface area (Å²) in [6, 6.07) is -0.908. The number of aliphatic hydroxyl groups is 1. The molecule has 1 N–H and O–H groups in total. The first-order valence-electron chi connectivity index (χ1n) is 4.58. The molecule has 1 aliphatic heterocycles. The smallest absolute Gasteiger partial charge is 0.394 e. The summed E-state index contributed by atoms with van der Waals surface area (Å²) in [5.74, 6) is -0.720. The van der Waals surface area contributed by atoms with Crippen LogP contribution in [0.4, 0.5) is 13.2 Å². The number of hydrogen-bond donors (Lipinski definition) is 1. The molecule has 1 heterocycles. The van der Waals surface area contributed by atoms with Gasteiger partial charge in [-0.15, -0.1) is 0 Å². The Hall–Kier alpha value is -0.225. The molecule has 0 bridgehead atoms. The molecule has 0 aromatic heterocycles. The van der Waals surface area contributed by atoms with Gasteiger partial charge in [-0.2, -0.15) is 13.2 Å². The number of alkyl halides is 3. The number of halogens is 3. The summed E-state index contributed by atoms with van der Waals surface area (Å²) in [6.07, 6.45) is -5.01. The molecule has 0 spiro atoms. The van der Waals surface area contributed by atoms with Crippen LogP contribution in [0.1, 0.15) is 13.8 Å². The van der Waals surface area contributed by atoms with Crippen molar-refractivity contribution in [2.75, 3.05) is 6.61 Å². The molecule has 1 saturated heterocycles. The average molecular weight is 210 g/mol. The predicted octanol–water partition coefficient (Wildman–Crippen LogP) is 0.541. The van der Waals surface area contributed by atoms with Gasteiger partial charge >= 0.3 is 6.18 Å². The van der Waals surface area contributed by atoms with Gasteiger partial charge in [0, 0.05) is 11.9 Å². The number of hydrogen-bond acceptors (Lipinski definition) is 2. The lowest BCUT2D eigenvalue weighted by molar-refractivity contribution is -0.232. The van der Waals surface area contributed by atoms with E-state index in [2.05, 4.69) is 0 Å². The second-order valence-corrected chi connectivity index (χ2v) is 4.07. The molecule has 82 valence electrons. The standard InChI is InChI=1S/C8H14BF3O2/c1-4-5(3-13)14-6(9)7(4,2)8(10,11)12/h4-6,13H,3,9H2,1-2H3/t4-,5-,6-,7+/m1/s1. The summed E-state index contributed by atoms with van der Waals surface area (Å²) < 4.78 is 43.5. The minimum atomic E-state index is -4.30. The minimum Gasteiger partial charge on any atom is -0.394 e. The van der Waals surface area contributed by atoms with Gasteiger partial charge in [0.25, 0.3) is 0 Å². The molecular weight excluding hydrogens is 196 g/mol. The second kappa shape index (κ2) is 3.41. The first-order valence-corrected chi connectivity index (χ1v) is 4.58. The molecule has 4 atom stereocenters. The van der Waals surface area contributed by atoms with Gasteiger partial charge < -0.3 is 9.84 Å². The molecule has 0 radical (unpaired) electrons. The van der Waals surface area contributed by atoms with Crippen LogP contribution in [0.5, 0.6) is 0 Å². The van der Waals surface area contributed by atoms with Crippen LogP contribution in [0.2, 0.25) is 0 Å². The first-order chi connectivity index (χ1) is 6.25. The van der Waals surface area contributed by atoms with Crippen molar-refractivity contribution in [1.82, 2.24) is 0 Å².